The van der Waals surface area contributed by atoms with Gasteiger partial charge in [-0.1, -0.05) is 0 Å². The van der Waals surface area contributed by atoms with Crippen molar-refractivity contribution < 1.29 is 5.11 Å². The van der Waals surface area contributed by atoms with Gasteiger partial charge in [-0.3, -0.25) is 0 Å². The number of hydrogen-bond acceptors (Lipinski definition) is 2. The molecular weight excluding hydrogens is 301 g/mol. The Morgan fingerprint density at radius 3 is 2.26 bits per heavy atom. The zero-order valence-corrected chi connectivity index (χ0v) is 15.2. The van der Waals surface area contributed by atoms with Gasteiger partial charge in [-0.05, 0) is 0 Å². The zero-order chi connectivity index (χ0) is 14.7. The molecule has 3 heteroatoms. The molecule has 0 aromatic heterocycles. The monoisotopic (exact) mass is 333 g/mol. The Hall–Kier alpha value is 0.149. The predicted molar refractivity (Wildman–Crippen MR) is 84.9 cm³/mol. The molecule has 1 N–H and O–H groups in total. The average Bonchev–Trinajstić information content (AvgIpc) is 2.26. The van der Waals surface area contributed by atoms with Crippen LogP contribution in [0.2, 0.25) is 4.31 Å². The summed E-state index contributed by atoms with van der Waals surface area (Å²) in [7, 11) is 0. The number of hydrogen-bond donors (Lipinski definition) is 1. The van der Waals surface area contributed by atoms with Gasteiger partial charge in [0, 0.05) is 0 Å². The van der Waals surface area contributed by atoms with Crippen LogP contribution in [0, 0.1) is 11.8 Å². The minimum atomic E-state index is -0.851. The van der Waals surface area contributed by atoms with Crippen LogP contribution in [0.3, 0.4) is 0 Å². The molecule has 0 radical (unpaired) electrons. The third-order valence-corrected chi connectivity index (χ3v) is 8.43. The molecule has 0 spiro atoms. The van der Waals surface area contributed by atoms with Crippen LogP contribution in [-0.2, 0) is 0 Å². The summed E-state index contributed by atoms with van der Waals surface area (Å²) < 4.78 is 1.57. The van der Waals surface area contributed by atoms with Crippen LogP contribution in [0.5, 0.6) is 0 Å². The van der Waals surface area contributed by atoms with Crippen molar-refractivity contribution in [2.75, 3.05) is 0 Å². The third kappa shape index (κ3) is 4.31. The standard InChI is InChI=1S/C16H31NOSe/c1-7-8-9-10-14-17-15(6,18)11-16(19-14,12(2)3)13(4)5/h12-13,18H,7-11H2,1-6H3. The van der Waals surface area contributed by atoms with Gasteiger partial charge >= 0.3 is 125 Å². The van der Waals surface area contributed by atoms with E-state index < -0.39 is 5.72 Å². The minimum absolute atomic E-state index is 0.264. The molecule has 0 saturated heterocycles. The maximum absolute atomic E-state index is 10.6. The van der Waals surface area contributed by atoms with E-state index in [2.05, 4.69) is 39.6 Å². The van der Waals surface area contributed by atoms with E-state index >= 15 is 0 Å². The molecule has 0 saturated carbocycles. The van der Waals surface area contributed by atoms with Crippen LogP contribution in [-0.4, -0.2) is 30.4 Å². The summed E-state index contributed by atoms with van der Waals surface area (Å²) in [4.78, 5) is 4.65. The molecule has 0 aromatic carbocycles. The fraction of sp³-hybridized carbons (Fsp3) is 0.938. The predicted octanol–water partition coefficient (Wildman–Crippen LogP) is 4.25. The fourth-order valence-electron chi connectivity index (χ4n) is 3.05. The SMILES string of the molecule is CCCCCC1=NC(C)(O)CC(C(C)C)(C(C)C)[Se]1. The van der Waals surface area contributed by atoms with Crippen LogP contribution in [0.4, 0.5) is 0 Å². The topological polar surface area (TPSA) is 32.6 Å². The third-order valence-electron chi connectivity index (χ3n) is 4.23. The summed E-state index contributed by atoms with van der Waals surface area (Å²) in [5.41, 5.74) is -0.851. The molecule has 0 amide bonds. The first-order valence-corrected chi connectivity index (χ1v) is 9.45. The van der Waals surface area contributed by atoms with E-state index in [1.807, 2.05) is 6.92 Å². The molecule has 19 heavy (non-hydrogen) atoms. The molecule has 1 aliphatic rings. The first-order valence-electron chi connectivity index (χ1n) is 7.73. The summed E-state index contributed by atoms with van der Waals surface area (Å²) in [6.07, 6.45) is 5.65. The van der Waals surface area contributed by atoms with Crippen molar-refractivity contribution in [2.24, 2.45) is 16.8 Å². The second kappa shape index (κ2) is 6.74. The van der Waals surface area contributed by atoms with Crippen LogP contribution in [0.1, 0.15) is 73.6 Å². The number of unbranched alkanes of at least 4 members (excludes halogenated alkanes) is 2. The van der Waals surface area contributed by atoms with E-state index in [-0.39, 0.29) is 4.31 Å². The van der Waals surface area contributed by atoms with Gasteiger partial charge < -0.3 is 0 Å². The van der Waals surface area contributed by atoms with E-state index in [0.717, 1.165) is 12.8 Å². The summed E-state index contributed by atoms with van der Waals surface area (Å²) in [6, 6.07) is 0. The Morgan fingerprint density at radius 1 is 1.21 bits per heavy atom. The van der Waals surface area contributed by atoms with Crippen LogP contribution in [0.25, 0.3) is 0 Å². The van der Waals surface area contributed by atoms with E-state index in [0.29, 0.717) is 26.8 Å². The summed E-state index contributed by atoms with van der Waals surface area (Å²) in [5, 5.41) is 10.6. The number of aliphatic imine (C=N–C) groups is 1. The first kappa shape index (κ1) is 17.2. The van der Waals surface area contributed by atoms with Crippen molar-refractivity contribution in [1.82, 2.24) is 0 Å². The molecule has 1 rings (SSSR count). The molecule has 0 aliphatic carbocycles. The van der Waals surface area contributed by atoms with Gasteiger partial charge in [-0.2, -0.15) is 0 Å². The van der Waals surface area contributed by atoms with Crippen LogP contribution < -0.4 is 0 Å². The number of aliphatic hydroxyl groups is 1. The zero-order valence-electron chi connectivity index (χ0n) is 13.5. The quantitative estimate of drug-likeness (QED) is 0.572. The van der Waals surface area contributed by atoms with Gasteiger partial charge in [0.05, 0.1) is 0 Å². The van der Waals surface area contributed by atoms with E-state index in [9.17, 15) is 5.11 Å². The fourth-order valence-corrected chi connectivity index (χ4v) is 6.71. The van der Waals surface area contributed by atoms with Gasteiger partial charge in [0.2, 0.25) is 0 Å². The molecule has 0 aromatic rings. The molecule has 1 unspecified atom stereocenters. The normalized spacial score (nSPS) is 26.9. The van der Waals surface area contributed by atoms with Gasteiger partial charge in [-0.25, -0.2) is 0 Å². The molecule has 0 fully saturated rings. The average molecular weight is 332 g/mol. The summed E-state index contributed by atoms with van der Waals surface area (Å²) in [6.45, 7) is 13.4. The van der Waals surface area contributed by atoms with Gasteiger partial charge in [0.1, 0.15) is 0 Å². The van der Waals surface area contributed by atoms with E-state index in [1.54, 1.807) is 0 Å². The number of nitrogens with zero attached hydrogens (tertiary/aromatic N) is 1. The molecule has 0 bridgehead atoms. The van der Waals surface area contributed by atoms with Gasteiger partial charge in [0.25, 0.3) is 0 Å². The van der Waals surface area contributed by atoms with Gasteiger partial charge in [-0.15, -0.1) is 0 Å². The summed E-state index contributed by atoms with van der Waals surface area (Å²) in [5.74, 6) is 1.21. The van der Waals surface area contributed by atoms with E-state index in [1.165, 1.54) is 23.9 Å². The molecule has 1 atom stereocenters. The second-order valence-electron chi connectivity index (χ2n) is 6.72. The van der Waals surface area contributed by atoms with Crippen molar-refractivity contribution in [3.05, 3.63) is 0 Å². The Balaban J connectivity index is 2.92. The molecule has 2 nitrogen and oxygen atoms in total. The molecule has 1 heterocycles. The van der Waals surface area contributed by atoms with Crippen LogP contribution >= 0.6 is 0 Å². The van der Waals surface area contributed by atoms with Crippen molar-refractivity contribution in [2.45, 2.75) is 83.7 Å². The van der Waals surface area contributed by atoms with Crippen molar-refractivity contribution in [1.29, 1.82) is 0 Å². The van der Waals surface area contributed by atoms with E-state index in [4.69, 9.17) is 0 Å². The Labute approximate surface area is 125 Å². The molecule has 112 valence electrons. The second-order valence-corrected chi connectivity index (χ2v) is 9.73. The molecule has 1 aliphatic heterocycles. The van der Waals surface area contributed by atoms with Crippen molar-refractivity contribution in [3.8, 4) is 0 Å². The Bertz CT molecular complexity index is 313. The number of rotatable bonds is 6. The van der Waals surface area contributed by atoms with Crippen molar-refractivity contribution >= 4 is 19.6 Å². The van der Waals surface area contributed by atoms with Gasteiger partial charge in [0.15, 0.2) is 0 Å². The molecular formula is C16H31NOSe. The first-order chi connectivity index (χ1) is 8.73. The Morgan fingerprint density at radius 2 is 1.79 bits per heavy atom. The Kier molecular flexibility index (Phi) is 6.10. The maximum atomic E-state index is 10.6. The van der Waals surface area contributed by atoms with Crippen molar-refractivity contribution in [3.63, 3.8) is 0 Å². The summed E-state index contributed by atoms with van der Waals surface area (Å²) >= 11 is 0.422. The van der Waals surface area contributed by atoms with Crippen LogP contribution in [0.15, 0.2) is 4.99 Å².